The lowest BCUT2D eigenvalue weighted by Gasteiger charge is -2.20. The van der Waals surface area contributed by atoms with Crippen LogP contribution >= 0.6 is 11.8 Å². The SMILES string of the molecule is CC[C@H](c1nnc(SC[C@H](C)C#N)n1Cc1ccccc1)[NH+](C)C. The Balaban J connectivity index is 2.33. The van der Waals surface area contributed by atoms with Crippen LogP contribution in [-0.2, 0) is 6.54 Å². The predicted octanol–water partition coefficient (Wildman–Crippen LogP) is 2.17. The molecule has 0 amide bonds. The highest BCUT2D eigenvalue weighted by Crippen LogP contribution is 2.24. The van der Waals surface area contributed by atoms with E-state index in [2.05, 4.69) is 66.1 Å². The number of quaternary nitrogens is 1. The van der Waals surface area contributed by atoms with E-state index in [-0.39, 0.29) is 5.92 Å². The van der Waals surface area contributed by atoms with Crippen LogP contribution in [0.1, 0.15) is 37.7 Å². The quantitative estimate of drug-likeness (QED) is 0.746. The summed E-state index contributed by atoms with van der Waals surface area (Å²) in [7, 11) is 4.31. The topological polar surface area (TPSA) is 58.9 Å². The third-order valence-electron chi connectivity index (χ3n) is 4.03. The number of nitriles is 1. The second kappa shape index (κ2) is 8.86. The lowest BCUT2D eigenvalue weighted by Crippen LogP contribution is -3.06. The normalized spacial score (nSPS) is 13.7. The Hall–Kier alpha value is -1.84. The molecule has 0 fully saturated rings. The highest BCUT2D eigenvalue weighted by atomic mass is 32.2. The van der Waals surface area contributed by atoms with E-state index in [1.54, 1.807) is 11.8 Å². The molecule has 0 aliphatic rings. The van der Waals surface area contributed by atoms with Crippen molar-refractivity contribution in [1.82, 2.24) is 14.8 Å². The van der Waals surface area contributed by atoms with Crippen molar-refractivity contribution in [3.05, 3.63) is 41.7 Å². The Morgan fingerprint density at radius 2 is 1.96 bits per heavy atom. The number of aromatic nitrogens is 3. The molecule has 0 saturated heterocycles. The fourth-order valence-corrected chi connectivity index (χ4v) is 3.55. The van der Waals surface area contributed by atoms with Gasteiger partial charge in [-0.3, -0.25) is 4.57 Å². The van der Waals surface area contributed by atoms with E-state index in [1.165, 1.54) is 10.5 Å². The molecule has 2 aromatic rings. The minimum atomic E-state index is 0.00164. The number of thioether (sulfide) groups is 1. The van der Waals surface area contributed by atoms with Crippen molar-refractivity contribution in [3.63, 3.8) is 0 Å². The Bertz CT molecular complexity index is 674. The first-order valence-corrected chi connectivity index (χ1v) is 9.34. The fourth-order valence-electron chi connectivity index (χ4n) is 2.66. The summed E-state index contributed by atoms with van der Waals surface area (Å²) >= 11 is 1.62. The van der Waals surface area contributed by atoms with Gasteiger partial charge in [-0.15, -0.1) is 10.2 Å². The maximum atomic E-state index is 9.01. The zero-order valence-corrected chi connectivity index (χ0v) is 15.7. The average Bonchev–Trinajstić information content (AvgIpc) is 2.96. The van der Waals surface area contributed by atoms with Crippen LogP contribution in [0, 0.1) is 17.2 Å². The summed E-state index contributed by atoms with van der Waals surface area (Å²) in [5, 5.41) is 18.8. The lowest BCUT2D eigenvalue weighted by atomic mass is 10.2. The molecular weight excluding hydrogens is 318 g/mol. The van der Waals surface area contributed by atoms with Crippen LogP contribution in [0.2, 0.25) is 0 Å². The summed E-state index contributed by atoms with van der Waals surface area (Å²) in [6.07, 6.45) is 1.01. The van der Waals surface area contributed by atoms with E-state index in [0.29, 0.717) is 6.04 Å². The summed E-state index contributed by atoms with van der Waals surface area (Å²) < 4.78 is 2.21. The van der Waals surface area contributed by atoms with E-state index in [1.807, 2.05) is 13.0 Å². The second-order valence-electron chi connectivity index (χ2n) is 6.29. The Labute approximate surface area is 148 Å². The van der Waals surface area contributed by atoms with Crippen molar-refractivity contribution in [2.75, 3.05) is 19.8 Å². The molecule has 0 unspecified atom stereocenters. The summed E-state index contributed by atoms with van der Waals surface area (Å²) in [5.74, 6) is 1.75. The molecule has 0 radical (unpaired) electrons. The maximum Gasteiger partial charge on any atom is 0.192 e. The summed E-state index contributed by atoms with van der Waals surface area (Å²) in [4.78, 5) is 1.35. The van der Waals surface area contributed by atoms with Crippen LogP contribution in [0.25, 0.3) is 0 Å². The van der Waals surface area contributed by atoms with E-state index in [4.69, 9.17) is 5.26 Å². The fraction of sp³-hybridized carbons (Fsp3) is 0.500. The van der Waals surface area contributed by atoms with Gasteiger partial charge in [-0.1, -0.05) is 49.0 Å². The van der Waals surface area contributed by atoms with Gasteiger partial charge in [0.25, 0.3) is 0 Å². The summed E-state index contributed by atoms with van der Waals surface area (Å²) in [5.41, 5.74) is 1.23. The number of rotatable bonds is 8. The van der Waals surface area contributed by atoms with Gasteiger partial charge in [-0.25, -0.2) is 0 Å². The molecule has 1 heterocycles. The molecule has 2 atom stereocenters. The number of hydrogen-bond donors (Lipinski definition) is 1. The standard InChI is InChI=1S/C18H25N5S/c1-5-16(22(3)4)17-20-21-18(24-13-14(2)11-19)23(17)12-15-9-7-6-8-10-15/h6-10,14,16H,5,12-13H2,1-4H3/p+1/t14-,16-/m1/s1. The molecule has 5 nitrogen and oxygen atoms in total. The monoisotopic (exact) mass is 344 g/mol. The third kappa shape index (κ3) is 4.59. The third-order valence-corrected chi connectivity index (χ3v) is 5.26. The Morgan fingerprint density at radius 3 is 2.54 bits per heavy atom. The average molecular weight is 345 g/mol. The van der Waals surface area contributed by atoms with Crippen LogP contribution in [0.3, 0.4) is 0 Å². The Kier molecular flexibility index (Phi) is 6.83. The first-order valence-electron chi connectivity index (χ1n) is 8.36. The largest absolute Gasteiger partial charge is 0.331 e. The van der Waals surface area contributed by atoms with Gasteiger partial charge in [0.05, 0.1) is 32.6 Å². The minimum absolute atomic E-state index is 0.00164. The molecule has 0 bridgehead atoms. The van der Waals surface area contributed by atoms with Crippen molar-refractivity contribution in [3.8, 4) is 6.07 Å². The zero-order valence-electron chi connectivity index (χ0n) is 14.9. The van der Waals surface area contributed by atoms with Gasteiger partial charge in [0, 0.05) is 12.2 Å². The second-order valence-corrected chi connectivity index (χ2v) is 7.28. The van der Waals surface area contributed by atoms with Gasteiger partial charge in [0.2, 0.25) is 0 Å². The highest BCUT2D eigenvalue weighted by molar-refractivity contribution is 7.99. The van der Waals surface area contributed by atoms with Crippen molar-refractivity contribution < 1.29 is 4.90 Å². The van der Waals surface area contributed by atoms with Gasteiger partial charge in [-0.2, -0.15) is 5.26 Å². The van der Waals surface area contributed by atoms with Gasteiger partial charge in [0.1, 0.15) is 6.04 Å². The van der Waals surface area contributed by atoms with Crippen molar-refractivity contribution in [2.45, 2.75) is 38.0 Å². The van der Waals surface area contributed by atoms with Gasteiger partial charge >= 0.3 is 0 Å². The first-order chi connectivity index (χ1) is 11.6. The van der Waals surface area contributed by atoms with Gasteiger partial charge < -0.3 is 4.90 Å². The van der Waals surface area contributed by atoms with E-state index in [0.717, 1.165) is 29.7 Å². The summed E-state index contributed by atoms with van der Waals surface area (Å²) in [6.45, 7) is 4.88. The Morgan fingerprint density at radius 1 is 1.25 bits per heavy atom. The van der Waals surface area contributed by atoms with Crippen molar-refractivity contribution in [2.24, 2.45) is 5.92 Å². The number of hydrogen-bond acceptors (Lipinski definition) is 4. The number of benzene rings is 1. The van der Waals surface area contributed by atoms with Crippen LogP contribution in [-0.4, -0.2) is 34.6 Å². The molecule has 1 aromatic heterocycles. The number of nitrogens with zero attached hydrogens (tertiary/aromatic N) is 4. The molecule has 2 rings (SSSR count). The molecule has 0 aliphatic carbocycles. The molecule has 6 heteroatoms. The molecule has 128 valence electrons. The van der Waals surface area contributed by atoms with E-state index < -0.39 is 0 Å². The lowest BCUT2D eigenvalue weighted by molar-refractivity contribution is -0.893. The van der Waals surface area contributed by atoms with E-state index >= 15 is 0 Å². The van der Waals surface area contributed by atoms with Crippen molar-refractivity contribution >= 4 is 11.8 Å². The predicted molar refractivity (Wildman–Crippen MR) is 96.9 cm³/mol. The number of nitrogens with one attached hydrogen (secondary N) is 1. The molecule has 0 spiro atoms. The molecule has 0 saturated carbocycles. The zero-order chi connectivity index (χ0) is 17.5. The smallest absolute Gasteiger partial charge is 0.192 e. The van der Waals surface area contributed by atoms with Crippen LogP contribution in [0.15, 0.2) is 35.5 Å². The highest BCUT2D eigenvalue weighted by Gasteiger charge is 2.25. The molecular formula is C18H26N5S+. The van der Waals surface area contributed by atoms with E-state index in [9.17, 15) is 0 Å². The van der Waals surface area contributed by atoms with Gasteiger partial charge in [0.15, 0.2) is 11.0 Å². The molecule has 0 aliphatic heterocycles. The van der Waals surface area contributed by atoms with Crippen LogP contribution in [0.5, 0.6) is 0 Å². The first kappa shape index (κ1) is 18.5. The van der Waals surface area contributed by atoms with Crippen LogP contribution in [0.4, 0.5) is 0 Å². The minimum Gasteiger partial charge on any atom is -0.331 e. The van der Waals surface area contributed by atoms with Crippen LogP contribution < -0.4 is 4.90 Å². The van der Waals surface area contributed by atoms with Gasteiger partial charge in [-0.05, 0) is 12.5 Å². The molecule has 1 aromatic carbocycles. The maximum absolute atomic E-state index is 9.01. The van der Waals surface area contributed by atoms with Crippen molar-refractivity contribution in [1.29, 1.82) is 5.26 Å². The molecule has 24 heavy (non-hydrogen) atoms. The molecule has 1 N–H and O–H groups in total. The summed E-state index contributed by atoms with van der Waals surface area (Å²) in [6, 6.07) is 13.0.